The van der Waals surface area contributed by atoms with Crippen molar-refractivity contribution in [1.82, 2.24) is 20.3 Å². The fourth-order valence-electron chi connectivity index (χ4n) is 4.81. The second-order valence-electron chi connectivity index (χ2n) is 10.1. The third-order valence-corrected chi connectivity index (χ3v) is 7.28. The third-order valence-electron chi connectivity index (χ3n) is 7.28. The zero-order valence-electron chi connectivity index (χ0n) is 23.2. The molecule has 8 heteroatoms. The van der Waals surface area contributed by atoms with Crippen molar-refractivity contribution in [2.75, 3.05) is 5.32 Å². The Morgan fingerprint density at radius 3 is 2.39 bits per heavy atom. The molecule has 0 radical (unpaired) electrons. The Kier molecular flexibility index (Phi) is 8.19. The maximum Gasteiger partial charge on any atom is 0.251 e. The predicted molar refractivity (Wildman–Crippen MR) is 160 cm³/mol. The Balaban J connectivity index is 1.47. The summed E-state index contributed by atoms with van der Waals surface area (Å²) in [4.78, 5) is 38.8. The summed E-state index contributed by atoms with van der Waals surface area (Å²) >= 11 is 0. The van der Waals surface area contributed by atoms with Gasteiger partial charge in [-0.25, -0.2) is 9.37 Å². The number of carbonyl (C=O) groups excluding carboxylic acids is 2. The molecule has 3 aromatic carbocycles. The number of pyridine rings is 1. The van der Waals surface area contributed by atoms with Crippen LogP contribution in [0.5, 0.6) is 0 Å². The van der Waals surface area contributed by atoms with Crippen LogP contribution in [0.3, 0.4) is 0 Å². The van der Waals surface area contributed by atoms with Crippen molar-refractivity contribution in [1.29, 1.82) is 0 Å². The number of anilines is 1. The number of aromatic nitrogens is 3. The first-order chi connectivity index (χ1) is 19.8. The SMILES string of the molecule is CCC(CC)C(=O)Nc1cc(C(=O)N[C@H](C)c2ccc(F)cc2)cc(-c2c[nH]c(-c3cc4ccccc4cn3)n2)c1. The van der Waals surface area contributed by atoms with Crippen LogP contribution in [0, 0.1) is 11.7 Å². The molecule has 2 amide bonds. The smallest absolute Gasteiger partial charge is 0.251 e. The van der Waals surface area contributed by atoms with E-state index >= 15 is 0 Å². The van der Waals surface area contributed by atoms with E-state index in [0.717, 1.165) is 16.3 Å². The molecular formula is C33H32FN5O2. The first-order valence-corrected chi connectivity index (χ1v) is 13.8. The number of halogens is 1. The molecule has 5 rings (SSSR count). The van der Waals surface area contributed by atoms with Crippen LogP contribution in [0.2, 0.25) is 0 Å². The minimum atomic E-state index is -0.356. The molecule has 1 atom stereocenters. The van der Waals surface area contributed by atoms with Gasteiger partial charge in [-0.15, -0.1) is 0 Å². The summed E-state index contributed by atoms with van der Waals surface area (Å²) in [6.07, 6.45) is 5.00. The van der Waals surface area contributed by atoms with Crippen molar-refractivity contribution in [2.24, 2.45) is 5.92 Å². The number of rotatable bonds is 9. The second-order valence-corrected chi connectivity index (χ2v) is 10.1. The van der Waals surface area contributed by atoms with Gasteiger partial charge in [0.2, 0.25) is 5.91 Å². The van der Waals surface area contributed by atoms with Crippen LogP contribution in [0.4, 0.5) is 10.1 Å². The quantitative estimate of drug-likeness (QED) is 0.180. The summed E-state index contributed by atoms with van der Waals surface area (Å²) in [5.74, 6) is -0.302. The van der Waals surface area contributed by atoms with Crippen LogP contribution in [0.15, 0.2) is 85.2 Å². The van der Waals surface area contributed by atoms with Gasteiger partial charge in [-0.05, 0) is 67.1 Å². The molecule has 0 saturated carbocycles. The lowest BCUT2D eigenvalue weighted by atomic mass is 10.0. The van der Waals surface area contributed by atoms with Crippen molar-refractivity contribution in [3.8, 4) is 22.8 Å². The highest BCUT2D eigenvalue weighted by Crippen LogP contribution is 2.28. The summed E-state index contributed by atoms with van der Waals surface area (Å²) in [6.45, 7) is 5.79. The molecule has 0 unspecified atom stereocenters. The molecule has 41 heavy (non-hydrogen) atoms. The Bertz CT molecular complexity index is 1690. The van der Waals surface area contributed by atoms with Gasteiger partial charge in [0, 0.05) is 40.5 Å². The van der Waals surface area contributed by atoms with E-state index in [4.69, 9.17) is 4.98 Å². The van der Waals surface area contributed by atoms with Gasteiger partial charge < -0.3 is 15.6 Å². The first-order valence-electron chi connectivity index (χ1n) is 13.8. The number of aromatic amines is 1. The molecular weight excluding hydrogens is 517 g/mol. The Morgan fingerprint density at radius 2 is 1.66 bits per heavy atom. The van der Waals surface area contributed by atoms with Gasteiger partial charge in [0.25, 0.3) is 5.91 Å². The van der Waals surface area contributed by atoms with E-state index in [1.165, 1.54) is 12.1 Å². The molecule has 2 aromatic heterocycles. The molecule has 0 spiro atoms. The number of H-pyrrole nitrogens is 1. The lowest BCUT2D eigenvalue weighted by Gasteiger charge is -2.17. The average molecular weight is 550 g/mol. The maximum atomic E-state index is 13.4. The molecule has 0 bridgehead atoms. The number of benzene rings is 3. The minimum Gasteiger partial charge on any atom is -0.346 e. The second kappa shape index (κ2) is 12.1. The monoisotopic (exact) mass is 549 g/mol. The summed E-state index contributed by atoms with van der Waals surface area (Å²) in [7, 11) is 0. The number of fused-ring (bicyclic) bond motifs is 1. The number of hydrogen-bond acceptors (Lipinski definition) is 4. The van der Waals surface area contributed by atoms with E-state index in [1.807, 2.05) is 63.4 Å². The summed E-state index contributed by atoms with van der Waals surface area (Å²) in [5, 5.41) is 8.05. The molecule has 3 N–H and O–H groups in total. The highest BCUT2D eigenvalue weighted by Gasteiger charge is 2.19. The van der Waals surface area contributed by atoms with E-state index in [-0.39, 0.29) is 29.6 Å². The van der Waals surface area contributed by atoms with Gasteiger partial charge in [-0.1, -0.05) is 50.2 Å². The van der Waals surface area contributed by atoms with Crippen LogP contribution in [0.1, 0.15) is 55.6 Å². The van der Waals surface area contributed by atoms with E-state index in [2.05, 4.69) is 20.6 Å². The van der Waals surface area contributed by atoms with Gasteiger partial charge >= 0.3 is 0 Å². The summed E-state index contributed by atoms with van der Waals surface area (Å²) in [6, 6.07) is 20.8. The number of nitrogens with one attached hydrogen (secondary N) is 3. The highest BCUT2D eigenvalue weighted by molar-refractivity contribution is 5.99. The van der Waals surface area contributed by atoms with Crippen LogP contribution in [0.25, 0.3) is 33.5 Å². The molecule has 208 valence electrons. The number of hydrogen-bond donors (Lipinski definition) is 3. The zero-order chi connectivity index (χ0) is 28.9. The lowest BCUT2D eigenvalue weighted by molar-refractivity contribution is -0.120. The topological polar surface area (TPSA) is 99.8 Å². The van der Waals surface area contributed by atoms with Crippen LogP contribution >= 0.6 is 0 Å². The van der Waals surface area contributed by atoms with E-state index in [0.29, 0.717) is 46.9 Å². The Labute approximate surface area is 238 Å². The number of carbonyl (C=O) groups is 2. The highest BCUT2D eigenvalue weighted by atomic mass is 19.1. The fourth-order valence-corrected chi connectivity index (χ4v) is 4.81. The molecule has 7 nitrogen and oxygen atoms in total. The Hall–Kier alpha value is -4.85. The van der Waals surface area contributed by atoms with Gasteiger partial charge in [-0.3, -0.25) is 14.6 Å². The van der Waals surface area contributed by atoms with Crippen molar-refractivity contribution in [3.05, 3.63) is 102 Å². The van der Waals surface area contributed by atoms with Crippen molar-refractivity contribution in [3.63, 3.8) is 0 Å². The van der Waals surface area contributed by atoms with E-state index in [1.54, 1.807) is 30.5 Å². The normalized spacial score (nSPS) is 11.9. The van der Waals surface area contributed by atoms with E-state index in [9.17, 15) is 14.0 Å². The molecule has 5 aromatic rings. The first kappa shape index (κ1) is 27.7. The maximum absolute atomic E-state index is 13.4. The van der Waals surface area contributed by atoms with Gasteiger partial charge in [0.1, 0.15) is 11.5 Å². The van der Waals surface area contributed by atoms with Crippen molar-refractivity contribution < 1.29 is 14.0 Å². The minimum absolute atomic E-state index is 0.0960. The van der Waals surface area contributed by atoms with Crippen molar-refractivity contribution in [2.45, 2.75) is 39.7 Å². The molecule has 0 aliphatic heterocycles. The number of imidazole rings is 1. The van der Waals surface area contributed by atoms with E-state index < -0.39 is 0 Å². The molecule has 2 heterocycles. The summed E-state index contributed by atoms with van der Waals surface area (Å²) < 4.78 is 13.4. The number of nitrogens with zero attached hydrogens (tertiary/aromatic N) is 2. The van der Waals surface area contributed by atoms with Crippen LogP contribution < -0.4 is 10.6 Å². The fraction of sp³-hybridized carbons (Fsp3) is 0.212. The molecule has 0 aliphatic carbocycles. The molecule has 0 saturated heterocycles. The average Bonchev–Trinajstić information content (AvgIpc) is 3.48. The molecule has 0 aliphatic rings. The predicted octanol–water partition coefficient (Wildman–Crippen LogP) is 7.30. The standard InChI is InChI=1S/C33H32FN5O2/c1-4-21(5-2)32(40)38-28-15-25(14-26(16-28)33(41)37-20(3)22-10-12-27(34)13-11-22)30-19-36-31(39-30)29-17-23-8-6-7-9-24(23)18-35-29/h6-21H,4-5H2,1-3H3,(H,36,39)(H,37,41)(H,38,40)/t20-/m1/s1. The van der Waals surface area contributed by atoms with Gasteiger partial charge in [-0.2, -0.15) is 0 Å². The van der Waals surface area contributed by atoms with Crippen molar-refractivity contribution >= 4 is 28.3 Å². The Morgan fingerprint density at radius 1 is 0.927 bits per heavy atom. The van der Waals surface area contributed by atoms with Crippen LogP contribution in [-0.4, -0.2) is 26.8 Å². The molecule has 0 fully saturated rings. The zero-order valence-corrected chi connectivity index (χ0v) is 23.2. The van der Waals surface area contributed by atoms with Gasteiger partial charge in [0.15, 0.2) is 5.82 Å². The van der Waals surface area contributed by atoms with Gasteiger partial charge in [0.05, 0.1) is 11.7 Å². The largest absolute Gasteiger partial charge is 0.346 e. The third kappa shape index (κ3) is 6.32. The van der Waals surface area contributed by atoms with Crippen LogP contribution in [-0.2, 0) is 4.79 Å². The number of amides is 2. The summed E-state index contributed by atoms with van der Waals surface area (Å²) in [5.41, 5.74) is 3.61. The lowest BCUT2D eigenvalue weighted by Crippen LogP contribution is -2.27.